The summed E-state index contributed by atoms with van der Waals surface area (Å²) >= 11 is 0. The molecule has 210 valence electrons. The number of ether oxygens (including phenoxy) is 4. The Balaban J connectivity index is 1.36. The monoisotopic (exact) mass is 556 g/mol. The number of carbonyl (C=O) groups excluding carboxylic acids is 2. The minimum Gasteiger partial charge on any atom is -0.491 e. The molecule has 2 N–H and O–H groups in total. The molecular formula is C26H24N2O12. The predicted molar refractivity (Wildman–Crippen MR) is 136 cm³/mol. The number of nitro groups is 2. The lowest BCUT2D eigenvalue weighted by molar-refractivity contribution is -0.385. The van der Waals surface area contributed by atoms with Gasteiger partial charge in [-0.05, 0) is 36.4 Å². The van der Waals surface area contributed by atoms with E-state index in [1.807, 2.05) is 0 Å². The average molecular weight is 556 g/mol. The number of aliphatic hydroxyl groups is 2. The molecule has 0 aromatic heterocycles. The number of nitro benzene ring substituents is 2. The first kappa shape index (κ1) is 29.5. The van der Waals surface area contributed by atoms with Gasteiger partial charge in [-0.2, -0.15) is 0 Å². The zero-order valence-corrected chi connectivity index (χ0v) is 20.8. The molecule has 3 rings (SSSR count). The highest BCUT2D eigenvalue weighted by Gasteiger charge is 2.16. The SMILES string of the molecule is O=C(OCC(O)COc1ccc(OCC(O)COC(=O)c2cccc([N+](=O)[O-])c2)cc1)c1cccc([N+](=O)[O-])c1. The molecule has 2 unspecified atom stereocenters. The summed E-state index contributed by atoms with van der Waals surface area (Å²) in [6.07, 6.45) is -2.34. The fraction of sp³-hybridized carbons (Fsp3) is 0.231. The molecule has 0 bridgehead atoms. The number of carbonyl (C=O) groups is 2. The van der Waals surface area contributed by atoms with Gasteiger partial charge in [0.1, 0.15) is 50.1 Å². The van der Waals surface area contributed by atoms with E-state index in [4.69, 9.17) is 18.9 Å². The van der Waals surface area contributed by atoms with Gasteiger partial charge < -0.3 is 29.2 Å². The maximum absolute atomic E-state index is 12.0. The van der Waals surface area contributed by atoms with Gasteiger partial charge in [0, 0.05) is 24.3 Å². The predicted octanol–water partition coefficient (Wildman–Crippen LogP) is 2.70. The van der Waals surface area contributed by atoms with Crippen molar-refractivity contribution in [2.45, 2.75) is 12.2 Å². The van der Waals surface area contributed by atoms with E-state index in [1.54, 1.807) is 0 Å². The van der Waals surface area contributed by atoms with Crippen LogP contribution < -0.4 is 9.47 Å². The van der Waals surface area contributed by atoms with Crippen molar-refractivity contribution in [3.8, 4) is 11.5 Å². The number of non-ortho nitro benzene ring substituents is 2. The van der Waals surface area contributed by atoms with Crippen molar-refractivity contribution in [1.82, 2.24) is 0 Å². The van der Waals surface area contributed by atoms with Crippen LogP contribution in [0.5, 0.6) is 11.5 Å². The van der Waals surface area contributed by atoms with Gasteiger partial charge in [-0.15, -0.1) is 0 Å². The van der Waals surface area contributed by atoms with Crippen molar-refractivity contribution in [3.05, 3.63) is 104 Å². The van der Waals surface area contributed by atoms with Crippen molar-refractivity contribution >= 4 is 23.3 Å². The molecule has 2 atom stereocenters. The van der Waals surface area contributed by atoms with Crippen LogP contribution in [0.25, 0.3) is 0 Å². The number of aliphatic hydroxyl groups excluding tert-OH is 2. The fourth-order valence-electron chi connectivity index (χ4n) is 3.12. The highest BCUT2D eigenvalue weighted by atomic mass is 16.6. The third-order valence-corrected chi connectivity index (χ3v) is 5.11. The first-order valence-electron chi connectivity index (χ1n) is 11.7. The van der Waals surface area contributed by atoms with E-state index in [9.17, 15) is 40.0 Å². The number of hydrogen-bond donors (Lipinski definition) is 2. The fourth-order valence-corrected chi connectivity index (χ4v) is 3.12. The molecule has 0 saturated heterocycles. The summed E-state index contributed by atoms with van der Waals surface area (Å²) in [6.45, 7) is -1.22. The average Bonchev–Trinajstić information content (AvgIpc) is 2.97. The van der Waals surface area contributed by atoms with Gasteiger partial charge in [0.25, 0.3) is 11.4 Å². The molecule has 0 fully saturated rings. The molecule has 3 aromatic carbocycles. The van der Waals surface area contributed by atoms with Crippen LogP contribution in [0.4, 0.5) is 11.4 Å². The molecule has 0 spiro atoms. The van der Waals surface area contributed by atoms with Gasteiger partial charge in [-0.3, -0.25) is 20.2 Å². The molecule has 40 heavy (non-hydrogen) atoms. The van der Waals surface area contributed by atoms with Gasteiger partial charge in [-0.1, -0.05) is 12.1 Å². The maximum atomic E-state index is 12.0. The Morgan fingerprint density at radius 1 is 0.650 bits per heavy atom. The molecule has 0 aliphatic rings. The van der Waals surface area contributed by atoms with Crippen molar-refractivity contribution in [3.63, 3.8) is 0 Å². The zero-order chi connectivity index (χ0) is 29.1. The molecule has 0 aliphatic heterocycles. The van der Waals surface area contributed by atoms with Crippen LogP contribution in [-0.4, -0.2) is 70.6 Å². The molecule has 0 heterocycles. The second-order valence-electron chi connectivity index (χ2n) is 8.21. The lowest BCUT2D eigenvalue weighted by Gasteiger charge is -2.14. The van der Waals surface area contributed by atoms with Crippen LogP contribution in [-0.2, 0) is 9.47 Å². The van der Waals surface area contributed by atoms with Crippen molar-refractivity contribution < 1.29 is 48.6 Å². The van der Waals surface area contributed by atoms with Crippen LogP contribution in [0.2, 0.25) is 0 Å². The topological polar surface area (TPSA) is 198 Å². The van der Waals surface area contributed by atoms with Crippen LogP contribution in [0.1, 0.15) is 20.7 Å². The molecule has 0 saturated carbocycles. The largest absolute Gasteiger partial charge is 0.491 e. The van der Waals surface area contributed by atoms with E-state index in [0.717, 1.165) is 12.1 Å². The third kappa shape index (κ3) is 9.04. The van der Waals surface area contributed by atoms with E-state index in [-0.39, 0.29) is 35.7 Å². The molecule has 14 nitrogen and oxygen atoms in total. The first-order valence-corrected chi connectivity index (χ1v) is 11.7. The van der Waals surface area contributed by atoms with Gasteiger partial charge in [0.2, 0.25) is 0 Å². The summed E-state index contributed by atoms with van der Waals surface area (Å²) in [5.74, 6) is -0.929. The number of nitrogens with zero attached hydrogens (tertiary/aromatic N) is 2. The van der Waals surface area contributed by atoms with Crippen molar-refractivity contribution in [2.24, 2.45) is 0 Å². The van der Waals surface area contributed by atoms with E-state index in [1.165, 1.54) is 60.7 Å². The summed E-state index contributed by atoms with van der Waals surface area (Å²) in [6, 6.07) is 16.2. The molecular weight excluding hydrogens is 532 g/mol. The van der Waals surface area contributed by atoms with Crippen LogP contribution in [0, 0.1) is 20.2 Å². The minimum absolute atomic E-state index is 0.0244. The standard InChI is InChI=1S/C26H24N2O12/c29-21(15-39-25(31)17-3-1-5-19(11-17)27(33)34)13-37-23-7-9-24(10-8-23)38-14-22(30)16-40-26(32)18-4-2-6-20(12-18)28(35)36/h1-12,21-22,29-30H,13-16H2. The van der Waals surface area contributed by atoms with E-state index in [0.29, 0.717) is 11.5 Å². The lowest BCUT2D eigenvalue weighted by atomic mass is 10.2. The lowest BCUT2D eigenvalue weighted by Crippen LogP contribution is -2.25. The van der Waals surface area contributed by atoms with E-state index < -0.39 is 47.2 Å². The van der Waals surface area contributed by atoms with Crippen molar-refractivity contribution in [2.75, 3.05) is 26.4 Å². The summed E-state index contributed by atoms with van der Waals surface area (Å²) in [5.41, 5.74) is -0.573. The number of esters is 2. The number of hydrogen-bond acceptors (Lipinski definition) is 12. The van der Waals surface area contributed by atoms with Crippen LogP contribution >= 0.6 is 0 Å². The Kier molecular flexibility index (Phi) is 10.4. The number of rotatable bonds is 14. The minimum atomic E-state index is -1.17. The smallest absolute Gasteiger partial charge is 0.338 e. The Morgan fingerprint density at radius 3 is 1.38 bits per heavy atom. The summed E-state index contributed by atoms with van der Waals surface area (Å²) in [4.78, 5) is 44.4. The van der Waals surface area contributed by atoms with Crippen LogP contribution in [0.15, 0.2) is 72.8 Å². The molecule has 3 aromatic rings. The second kappa shape index (κ2) is 14.2. The quantitative estimate of drug-likeness (QED) is 0.167. The Hall–Kier alpha value is -5.08. The molecule has 14 heteroatoms. The first-order chi connectivity index (χ1) is 19.1. The summed E-state index contributed by atoms with van der Waals surface area (Å²) < 4.78 is 20.8. The highest BCUT2D eigenvalue weighted by molar-refractivity contribution is 5.90. The summed E-state index contributed by atoms with van der Waals surface area (Å²) in [5, 5.41) is 41.7. The maximum Gasteiger partial charge on any atom is 0.338 e. The van der Waals surface area contributed by atoms with Gasteiger partial charge >= 0.3 is 11.9 Å². The third-order valence-electron chi connectivity index (χ3n) is 5.11. The second-order valence-corrected chi connectivity index (χ2v) is 8.21. The van der Waals surface area contributed by atoms with Gasteiger partial charge in [-0.25, -0.2) is 9.59 Å². The Bertz CT molecular complexity index is 1240. The normalized spacial score (nSPS) is 12.1. The Morgan fingerprint density at radius 2 is 1.02 bits per heavy atom. The van der Waals surface area contributed by atoms with E-state index >= 15 is 0 Å². The Labute approximate surface area is 226 Å². The highest BCUT2D eigenvalue weighted by Crippen LogP contribution is 2.19. The molecule has 0 amide bonds. The summed E-state index contributed by atoms with van der Waals surface area (Å²) in [7, 11) is 0. The molecule has 0 radical (unpaired) electrons. The molecule has 0 aliphatic carbocycles. The van der Waals surface area contributed by atoms with Gasteiger partial charge in [0.05, 0.1) is 21.0 Å². The van der Waals surface area contributed by atoms with E-state index in [2.05, 4.69) is 0 Å². The van der Waals surface area contributed by atoms with Crippen molar-refractivity contribution in [1.29, 1.82) is 0 Å². The zero-order valence-electron chi connectivity index (χ0n) is 20.8. The van der Waals surface area contributed by atoms with Gasteiger partial charge in [0.15, 0.2) is 0 Å². The van der Waals surface area contributed by atoms with Crippen LogP contribution in [0.3, 0.4) is 0 Å². The number of benzene rings is 3.